The molecule has 3 atom stereocenters. The van der Waals surface area contributed by atoms with Gasteiger partial charge in [-0.15, -0.1) is 0 Å². The topological polar surface area (TPSA) is 39.7 Å². The van der Waals surface area contributed by atoms with Gasteiger partial charge in [0.1, 0.15) is 0 Å². The molecular weight excluding hydrogens is 248 g/mol. The molecule has 1 fully saturated rings. The molecular formula is C16H24N4. The van der Waals surface area contributed by atoms with Crippen LogP contribution in [0.1, 0.15) is 25.8 Å². The molecule has 0 aliphatic carbocycles. The van der Waals surface area contributed by atoms with Gasteiger partial charge in [-0.2, -0.15) is 0 Å². The number of hydrogen-bond donors (Lipinski definition) is 2. The zero-order chi connectivity index (χ0) is 13.9. The van der Waals surface area contributed by atoms with E-state index in [1.807, 2.05) is 0 Å². The lowest BCUT2D eigenvalue weighted by Crippen LogP contribution is -2.44. The first kappa shape index (κ1) is 13.4. The van der Waals surface area contributed by atoms with Gasteiger partial charge < -0.3 is 10.6 Å². The Kier molecular flexibility index (Phi) is 3.92. The van der Waals surface area contributed by atoms with Crippen LogP contribution in [0.3, 0.4) is 0 Å². The molecule has 4 heteroatoms. The number of nitrogens with zero attached hydrogens (tertiary/aromatic N) is 2. The Hall–Kier alpha value is -1.55. The average molecular weight is 272 g/mol. The summed E-state index contributed by atoms with van der Waals surface area (Å²) in [4.78, 5) is 7.04. The van der Waals surface area contributed by atoms with E-state index in [1.165, 1.54) is 12.0 Å². The van der Waals surface area contributed by atoms with E-state index < -0.39 is 0 Å². The maximum atomic E-state index is 4.49. The van der Waals surface area contributed by atoms with E-state index in [9.17, 15) is 0 Å². The largest absolute Gasteiger partial charge is 0.352 e. The van der Waals surface area contributed by atoms with Gasteiger partial charge in [-0.05, 0) is 25.8 Å². The van der Waals surface area contributed by atoms with E-state index >= 15 is 0 Å². The number of aliphatic imine (C=N–C) groups is 1. The first-order valence-electron chi connectivity index (χ1n) is 7.56. The van der Waals surface area contributed by atoms with Crippen molar-refractivity contribution in [3.05, 3.63) is 35.9 Å². The second kappa shape index (κ2) is 5.83. The molecule has 1 saturated heterocycles. The molecule has 0 saturated carbocycles. The molecule has 108 valence electrons. The van der Waals surface area contributed by atoms with E-state index in [0.717, 1.165) is 25.6 Å². The molecule has 20 heavy (non-hydrogen) atoms. The number of hydrogen-bond acceptors (Lipinski definition) is 4. The number of rotatable bonds is 3. The van der Waals surface area contributed by atoms with Crippen molar-refractivity contribution < 1.29 is 0 Å². The Morgan fingerprint density at radius 3 is 2.80 bits per heavy atom. The Morgan fingerprint density at radius 1 is 1.30 bits per heavy atom. The van der Waals surface area contributed by atoms with Crippen LogP contribution in [-0.2, 0) is 6.54 Å². The zero-order valence-electron chi connectivity index (χ0n) is 12.3. The van der Waals surface area contributed by atoms with E-state index in [0.29, 0.717) is 18.1 Å². The van der Waals surface area contributed by atoms with Gasteiger partial charge in [-0.3, -0.25) is 9.89 Å². The van der Waals surface area contributed by atoms with Gasteiger partial charge in [0.2, 0.25) is 0 Å². The predicted octanol–water partition coefficient (Wildman–Crippen LogP) is 1.59. The first-order valence-corrected chi connectivity index (χ1v) is 7.56. The van der Waals surface area contributed by atoms with Crippen molar-refractivity contribution >= 4 is 5.96 Å². The van der Waals surface area contributed by atoms with Crippen molar-refractivity contribution in [3.63, 3.8) is 0 Å². The second-order valence-electron chi connectivity index (χ2n) is 6.08. The van der Waals surface area contributed by atoms with Crippen LogP contribution in [0.4, 0.5) is 0 Å². The van der Waals surface area contributed by atoms with Crippen LogP contribution in [0.25, 0.3) is 0 Å². The van der Waals surface area contributed by atoms with Gasteiger partial charge in [-0.25, -0.2) is 0 Å². The van der Waals surface area contributed by atoms with Gasteiger partial charge in [0.25, 0.3) is 0 Å². The van der Waals surface area contributed by atoms with Crippen LogP contribution in [0.5, 0.6) is 0 Å². The van der Waals surface area contributed by atoms with Crippen molar-refractivity contribution in [3.8, 4) is 0 Å². The lowest BCUT2D eigenvalue weighted by molar-refractivity contribution is 0.258. The predicted molar refractivity (Wildman–Crippen MR) is 82.8 cm³/mol. The smallest absolute Gasteiger partial charge is 0.191 e. The summed E-state index contributed by atoms with van der Waals surface area (Å²) in [5.74, 6) is 0.983. The fourth-order valence-corrected chi connectivity index (χ4v) is 3.07. The summed E-state index contributed by atoms with van der Waals surface area (Å²) in [6, 6.07) is 12.3. The minimum absolute atomic E-state index is 0.469. The number of benzene rings is 1. The summed E-state index contributed by atoms with van der Waals surface area (Å²) in [6.07, 6.45) is 1.18. The standard InChI is InChI=1S/C16H24N4/c1-12-9-17-16(18-12)19-15-8-13(2)20(11-15)10-14-6-4-3-5-7-14/h3-7,12-13,15H,8-11H2,1-2H3,(H2,17,18,19). The molecule has 1 aromatic carbocycles. The van der Waals surface area contributed by atoms with Crippen molar-refractivity contribution in [1.29, 1.82) is 0 Å². The number of likely N-dealkylation sites (tertiary alicyclic amines) is 1. The average Bonchev–Trinajstić information content (AvgIpc) is 2.98. The van der Waals surface area contributed by atoms with Crippen LogP contribution in [-0.4, -0.2) is 42.1 Å². The molecule has 3 rings (SSSR count). The van der Waals surface area contributed by atoms with Gasteiger partial charge >= 0.3 is 0 Å². The molecule has 2 aliphatic rings. The second-order valence-corrected chi connectivity index (χ2v) is 6.08. The third kappa shape index (κ3) is 3.12. The lowest BCUT2D eigenvalue weighted by Gasteiger charge is -2.21. The molecule has 0 amide bonds. The van der Waals surface area contributed by atoms with Crippen molar-refractivity contribution in [2.24, 2.45) is 4.99 Å². The van der Waals surface area contributed by atoms with Crippen molar-refractivity contribution in [2.45, 2.75) is 44.9 Å². The van der Waals surface area contributed by atoms with Gasteiger partial charge in [0.15, 0.2) is 5.96 Å². The monoisotopic (exact) mass is 272 g/mol. The third-order valence-corrected chi connectivity index (χ3v) is 4.18. The zero-order valence-corrected chi connectivity index (χ0v) is 12.3. The SMILES string of the molecule is CC1CN=C(NC2CC(C)N(Cc3ccccc3)C2)N1. The van der Waals surface area contributed by atoms with Gasteiger partial charge in [0.05, 0.1) is 6.54 Å². The Bertz CT molecular complexity index is 471. The lowest BCUT2D eigenvalue weighted by atomic mass is 10.2. The van der Waals surface area contributed by atoms with E-state index in [2.05, 4.69) is 64.7 Å². The molecule has 2 heterocycles. The highest BCUT2D eigenvalue weighted by Gasteiger charge is 2.30. The normalized spacial score (nSPS) is 30.1. The molecule has 3 unspecified atom stereocenters. The molecule has 0 bridgehead atoms. The fraction of sp³-hybridized carbons (Fsp3) is 0.562. The molecule has 0 aromatic heterocycles. The molecule has 0 radical (unpaired) electrons. The summed E-state index contributed by atoms with van der Waals surface area (Å²) in [7, 11) is 0. The molecule has 0 spiro atoms. The highest BCUT2D eigenvalue weighted by molar-refractivity contribution is 5.82. The molecule has 2 N–H and O–H groups in total. The molecule has 4 nitrogen and oxygen atoms in total. The van der Waals surface area contributed by atoms with Crippen LogP contribution in [0.15, 0.2) is 35.3 Å². The fourth-order valence-electron chi connectivity index (χ4n) is 3.07. The summed E-state index contributed by atoms with van der Waals surface area (Å²) >= 11 is 0. The minimum Gasteiger partial charge on any atom is -0.352 e. The summed E-state index contributed by atoms with van der Waals surface area (Å²) in [6.45, 7) is 7.49. The van der Waals surface area contributed by atoms with E-state index in [4.69, 9.17) is 0 Å². The summed E-state index contributed by atoms with van der Waals surface area (Å²) in [5, 5.41) is 6.93. The Labute approximate surface area is 121 Å². The van der Waals surface area contributed by atoms with Gasteiger partial charge in [-0.1, -0.05) is 30.3 Å². The Balaban J connectivity index is 1.54. The van der Waals surface area contributed by atoms with Crippen LogP contribution < -0.4 is 10.6 Å². The van der Waals surface area contributed by atoms with Crippen LogP contribution in [0, 0.1) is 0 Å². The highest BCUT2D eigenvalue weighted by Crippen LogP contribution is 2.20. The number of nitrogens with one attached hydrogen (secondary N) is 2. The molecule has 2 aliphatic heterocycles. The maximum absolute atomic E-state index is 4.49. The third-order valence-electron chi connectivity index (χ3n) is 4.18. The number of guanidine groups is 1. The summed E-state index contributed by atoms with van der Waals surface area (Å²) in [5.41, 5.74) is 1.39. The molecule has 1 aromatic rings. The quantitative estimate of drug-likeness (QED) is 0.878. The maximum Gasteiger partial charge on any atom is 0.191 e. The van der Waals surface area contributed by atoms with E-state index in [1.54, 1.807) is 0 Å². The summed E-state index contributed by atoms with van der Waals surface area (Å²) < 4.78 is 0. The van der Waals surface area contributed by atoms with Crippen LogP contribution in [0.2, 0.25) is 0 Å². The van der Waals surface area contributed by atoms with Crippen molar-refractivity contribution in [2.75, 3.05) is 13.1 Å². The van der Waals surface area contributed by atoms with Crippen LogP contribution >= 0.6 is 0 Å². The van der Waals surface area contributed by atoms with Crippen molar-refractivity contribution in [1.82, 2.24) is 15.5 Å². The minimum atomic E-state index is 0.469. The highest BCUT2D eigenvalue weighted by atomic mass is 15.3. The first-order chi connectivity index (χ1) is 9.70. The van der Waals surface area contributed by atoms with Gasteiger partial charge in [0, 0.05) is 31.2 Å². The van der Waals surface area contributed by atoms with E-state index in [-0.39, 0.29) is 0 Å². The Morgan fingerprint density at radius 2 is 2.10 bits per heavy atom.